The zero-order valence-corrected chi connectivity index (χ0v) is 16.5. The van der Waals surface area contributed by atoms with Gasteiger partial charge in [-0.2, -0.15) is 0 Å². The molecule has 2 aromatic carbocycles. The van der Waals surface area contributed by atoms with Crippen molar-refractivity contribution in [2.24, 2.45) is 0 Å². The van der Waals surface area contributed by atoms with Gasteiger partial charge in [0.25, 0.3) is 0 Å². The van der Waals surface area contributed by atoms with Crippen LogP contribution >= 0.6 is 0 Å². The first kappa shape index (κ1) is 19.4. The summed E-state index contributed by atoms with van der Waals surface area (Å²) in [4.78, 5) is 2.31. The van der Waals surface area contributed by atoms with Gasteiger partial charge in [-0.1, -0.05) is 12.1 Å². The predicted molar refractivity (Wildman–Crippen MR) is 109 cm³/mol. The van der Waals surface area contributed by atoms with Crippen LogP contribution in [0.2, 0.25) is 0 Å². The van der Waals surface area contributed by atoms with Gasteiger partial charge in [0.1, 0.15) is 11.9 Å². The third kappa shape index (κ3) is 5.07. The lowest BCUT2D eigenvalue weighted by Crippen LogP contribution is -2.34. The van der Waals surface area contributed by atoms with E-state index >= 15 is 0 Å². The highest BCUT2D eigenvalue weighted by atomic mass is 16.5. The van der Waals surface area contributed by atoms with Gasteiger partial charge in [-0.3, -0.25) is 0 Å². The molecule has 1 saturated heterocycles. The summed E-state index contributed by atoms with van der Waals surface area (Å²) in [6.45, 7) is 5.98. The molecule has 1 fully saturated rings. The van der Waals surface area contributed by atoms with E-state index in [0.717, 1.165) is 62.0 Å². The first-order valence-electron chi connectivity index (χ1n) is 9.66. The van der Waals surface area contributed by atoms with Gasteiger partial charge in [-0.25, -0.2) is 0 Å². The van der Waals surface area contributed by atoms with Crippen molar-refractivity contribution in [2.75, 3.05) is 38.8 Å². The minimum Gasteiger partial charge on any atom is -0.493 e. The Balaban J connectivity index is 1.65. The van der Waals surface area contributed by atoms with Crippen molar-refractivity contribution in [3.8, 4) is 17.2 Å². The molecule has 1 heterocycles. The highest BCUT2D eigenvalue weighted by molar-refractivity contribution is 5.56. The van der Waals surface area contributed by atoms with Gasteiger partial charge in [-0.15, -0.1) is 0 Å². The molecule has 0 aliphatic carbocycles. The second kappa shape index (κ2) is 9.51. The Hall–Kier alpha value is -2.40. The number of ether oxygens (including phenoxy) is 3. The first-order valence-corrected chi connectivity index (χ1v) is 9.66. The summed E-state index contributed by atoms with van der Waals surface area (Å²) in [5, 5.41) is 3.37. The van der Waals surface area contributed by atoms with E-state index in [4.69, 9.17) is 14.2 Å². The number of piperidine rings is 1. The summed E-state index contributed by atoms with van der Waals surface area (Å²) in [5.74, 6) is 2.45. The van der Waals surface area contributed by atoms with Gasteiger partial charge in [-0.05, 0) is 62.7 Å². The molecule has 0 aromatic heterocycles. The molecule has 0 amide bonds. The molecule has 0 atom stereocenters. The fourth-order valence-electron chi connectivity index (χ4n) is 3.41. The number of hydrogen-bond acceptors (Lipinski definition) is 5. The Morgan fingerprint density at radius 1 is 0.963 bits per heavy atom. The minimum absolute atomic E-state index is 0.330. The first-order chi connectivity index (χ1) is 13.2. The fraction of sp³-hybridized carbons (Fsp3) is 0.455. The van der Waals surface area contributed by atoms with E-state index in [0.29, 0.717) is 6.10 Å². The number of nitrogens with zero attached hydrogens (tertiary/aromatic N) is 1. The maximum atomic E-state index is 6.10. The molecule has 1 aliphatic heterocycles. The lowest BCUT2D eigenvalue weighted by molar-refractivity contribution is 0.162. The van der Waals surface area contributed by atoms with Gasteiger partial charge < -0.3 is 24.4 Å². The van der Waals surface area contributed by atoms with E-state index in [1.165, 1.54) is 5.56 Å². The summed E-state index contributed by atoms with van der Waals surface area (Å²) in [7, 11) is 3.32. The van der Waals surface area contributed by atoms with Crippen LogP contribution in [0, 0.1) is 0 Å². The van der Waals surface area contributed by atoms with Crippen molar-refractivity contribution in [1.29, 1.82) is 0 Å². The topological polar surface area (TPSA) is 43.0 Å². The molecule has 5 heteroatoms. The Labute approximate surface area is 162 Å². The largest absolute Gasteiger partial charge is 0.493 e. The number of methoxy groups -OCH3 is 2. The van der Waals surface area contributed by atoms with Crippen molar-refractivity contribution in [1.82, 2.24) is 5.32 Å². The van der Waals surface area contributed by atoms with Gasteiger partial charge in [0, 0.05) is 24.8 Å². The van der Waals surface area contributed by atoms with Crippen LogP contribution in [0.5, 0.6) is 17.2 Å². The molecular weight excluding hydrogens is 340 g/mol. The third-order valence-electron chi connectivity index (χ3n) is 5.00. The molecule has 5 nitrogen and oxygen atoms in total. The van der Waals surface area contributed by atoms with E-state index in [1.807, 2.05) is 12.1 Å². The molecule has 0 unspecified atom stereocenters. The molecule has 1 N–H and O–H groups in total. The van der Waals surface area contributed by atoms with Gasteiger partial charge in [0.2, 0.25) is 0 Å². The molecule has 146 valence electrons. The summed E-state index contributed by atoms with van der Waals surface area (Å²) in [6, 6.07) is 14.5. The van der Waals surface area contributed by atoms with Crippen LogP contribution in [0.1, 0.15) is 25.3 Å². The van der Waals surface area contributed by atoms with Crippen LogP contribution in [0.4, 0.5) is 5.69 Å². The number of hydrogen-bond donors (Lipinski definition) is 1. The number of rotatable bonds is 8. The lowest BCUT2D eigenvalue weighted by Gasteiger charge is -2.25. The zero-order chi connectivity index (χ0) is 19.1. The normalized spacial score (nSPS) is 14.6. The van der Waals surface area contributed by atoms with Crippen molar-refractivity contribution in [3.63, 3.8) is 0 Å². The third-order valence-corrected chi connectivity index (χ3v) is 5.00. The number of nitrogens with one attached hydrogen (secondary N) is 1. The lowest BCUT2D eigenvalue weighted by atomic mass is 10.1. The van der Waals surface area contributed by atoms with Crippen LogP contribution in [0.25, 0.3) is 0 Å². The highest BCUT2D eigenvalue weighted by Gasteiger charge is 2.14. The quantitative estimate of drug-likeness (QED) is 0.764. The second-order valence-electron chi connectivity index (χ2n) is 6.76. The molecule has 1 aliphatic rings. The average molecular weight is 370 g/mol. The molecule has 0 bridgehead atoms. The van der Waals surface area contributed by atoms with E-state index < -0.39 is 0 Å². The van der Waals surface area contributed by atoms with Crippen LogP contribution in [-0.4, -0.2) is 40.0 Å². The number of anilines is 1. The zero-order valence-electron chi connectivity index (χ0n) is 16.5. The van der Waals surface area contributed by atoms with Gasteiger partial charge in [0.05, 0.1) is 14.2 Å². The van der Waals surface area contributed by atoms with Crippen molar-refractivity contribution < 1.29 is 14.2 Å². The Bertz CT molecular complexity index is 712. The predicted octanol–water partition coefficient (Wildman–Crippen LogP) is 3.86. The van der Waals surface area contributed by atoms with Crippen molar-refractivity contribution in [2.45, 2.75) is 32.4 Å². The molecule has 27 heavy (non-hydrogen) atoms. The summed E-state index contributed by atoms with van der Waals surface area (Å²) >= 11 is 0. The SMILES string of the molecule is CCN(Cc1ccc(OC2CCNCC2)cc1)c1ccc(OC)c(OC)c1. The fourth-order valence-corrected chi connectivity index (χ4v) is 3.41. The molecular formula is C22H30N2O3. The average Bonchev–Trinajstić information content (AvgIpc) is 2.73. The van der Waals surface area contributed by atoms with E-state index in [2.05, 4.69) is 47.5 Å². The Morgan fingerprint density at radius 2 is 1.67 bits per heavy atom. The maximum absolute atomic E-state index is 6.10. The second-order valence-corrected chi connectivity index (χ2v) is 6.76. The van der Waals surface area contributed by atoms with E-state index in [1.54, 1.807) is 14.2 Å². The molecule has 0 radical (unpaired) electrons. The van der Waals surface area contributed by atoms with E-state index in [9.17, 15) is 0 Å². The number of benzene rings is 2. The van der Waals surface area contributed by atoms with Gasteiger partial charge >= 0.3 is 0 Å². The summed E-state index contributed by atoms with van der Waals surface area (Å²) in [6.07, 6.45) is 2.48. The van der Waals surface area contributed by atoms with Gasteiger partial charge in [0.15, 0.2) is 11.5 Å². The Morgan fingerprint density at radius 3 is 2.30 bits per heavy atom. The van der Waals surface area contributed by atoms with Crippen LogP contribution < -0.4 is 24.4 Å². The molecule has 3 rings (SSSR count). The Kier molecular flexibility index (Phi) is 6.82. The van der Waals surface area contributed by atoms with Crippen molar-refractivity contribution in [3.05, 3.63) is 48.0 Å². The van der Waals surface area contributed by atoms with Crippen LogP contribution in [0.3, 0.4) is 0 Å². The minimum atomic E-state index is 0.330. The van der Waals surface area contributed by atoms with Crippen molar-refractivity contribution >= 4 is 5.69 Å². The monoisotopic (exact) mass is 370 g/mol. The maximum Gasteiger partial charge on any atom is 0.162 e. The highest BCUT2D eigenvalue weighted by Crippen LogP contribution is 2.32. The summed E-state index contributed by atoms with van der Waals surface area (Å²) < 4.78 is 16.9. The van der Waals surface area contributed by atoms with E-state index in [-0.39, 0.29) is 0 Å². The van der Waals surface area contributed by atoms with Crippen LogP contribution in [0.15, 0.2) is 42.5 Å². The molecule has 2 aromatic rings. The van der Waals surface area contributed by atoms with Crippen LogP contribution in [-0.2, 0) is 6.54 Å². The smallest absolute Gasteiger partial charge is 0.162 e. The summed E-state index contributed by atoms with van der Waals surface area (Å²) in [5.41, 5.74) is 2.37. The molecule has 0 saturated carbocycles. The standard InChI is InChI=1S/C22H30N2O3/c1-4-24(18-7-10-21(25-2)22(15-18)26-3)16-17-5-8-19(9-6-17)27-20-11-13-23-14-12-20/h5-10,15,20,23H,4,11-14,16H2,1-3H3. The molecule has 0 spiro atoms.